The van der Waals surface area contributed by atoms with Crippen molar-refractivity contribution in [1.82, 2.24) is 9.55 Å². The molecular weight excluding hydrogens is 318 g/mol. The van der Waals surface area contributed by atoms with Gasteiger partial charge in [-0.2, -0.15) is 8.42 Å². The van der Waals surface area contributed by atoms with Crippen LogP contribution in [0.25, 0.3) is 11.0 Å². The van der Waals surface area contributed by atoms with Crippen molar-refractivity contribution in [3.8, 4) is 0 Å². The van der Waals surface area contributed by atoms with Gasteiger partial charge in [-0.15, -0.1) is 0 Å². The molecule has 0 bridgehead atoms. The molecule has 1 atom stereocenters. The zero-order chi connectivity index (χ0) is 17.2. The molecule has 1 aromatic carbocycles. The summed E-state index contributed by atoms with van der Waals surface area (Å²) >= 11 is 0. The SMILES string of the molecule is CC(C)OC1CN(C)c2nc3ccccc3n2C1.CS(=O)(=O)O. The van der Waals surface area contributed by atoms with Gasteiger partial charge in [-0.05, 0) is 26.0 Å². The molecule has 0 spiro atoms. The average molecular weight is 341 g/mol. The van der Waals surface area contributed by atoms with Crippen molar-refractivity contribution in [2.24, 2.45) is 0 Å². The number of anilines is 1. The van der Waals surface area contributed by atoms with Crippen molar-refractivity contribution in [3.05, 3.63) is 24.3 Å². The number of ether oxygens (including phenoxy) is 1. The first-order chi connectivity index (χ1) is 10.6. The Labute approximate surface area is 136 Å². The number of likely N-dealkylation sites (N-methyl/N-ethyl adjacent to an activating group) is 1. The summed E-state index contributed by atoms with van der Waals surface area (Å²) in [4.78, 5) is 6.86. The van der Waals surface area contributed by atoms with Crippen molar-refractivity contribution in [2.75, 3.05) is 24.7 Å². The maximum atomic E-state index is 9.19. The number of aromatic nitrogens is 2. The minimum atomic E-state index is -3.67. The van der Waals surface area contributed by atoms with E-state index in [1.165, 1.54) is 5.52 Å². The number of imidazole rings is 1. The van der Waals surface area contributed by atoms with Gasteiger partial charge >= 0.3 is 0 Å². The lowest BCUT2D eigenvalue weighted by Gasteiger charge is -2.32. The highest BCUT2D eigenvalue weighted by Gasteiger charge is 2.26. The van der Waals surface area contributed by atoms with E-state index in [0.29, 0.717) is 6.26 Å². The van der Waals surface area contributed by atoms with Crippen molar-refractivity contribution in [2.45, 2.75) is 32.6 Å². The van der Waals surface area contributed by atoms with Gasteiger partial charge in [-0.1, -0.05) is 12.1 Å². The largest absolute Gasteiger partial charge is 0.372 e. The Bertz CT molecular complexity index is 762. The number of hydrogen-bond donors (Lipinski definition) is 1. The lowest BCUT2D eigenvalue weighted by atomic mass is 10.2. The number of fused-ring (bicyclic) bond motifs is 3. The molecule has 0 radical (unpaired) electrons. The fourth-order valence-corrected chi connectivity index (χ4v) is 2.65. The van der Waals surface area contributed by atoms with Crippen LogP contribution in [0, 0.1) is 0 Å². The van der Waals surface area contributed by atoms with Gasteiger partial charge in [0, 0.05) is 13.6 Å². The first-order valence-corrected chi connectivity index (χ1v) is 9.24. The maximum absolute atomic E-state index is 9.19. The highest BCUT2D eigenvalue weighted by molar-refractivity contribution is 7.85. The Morgan fingerprint density at radius 3 is 2.52 bits per heavy atom. The van der Waals surface area contributed by atoms with E-state index in [-0.39, 0.29) is 12.2 Å². The quantitative estimate of drug-likeness (QED) is 0.838. The molecule has 2 heterocycles. The Hall–Kier alpha value is -1.64. The van der Waals surface area contributed by atoms with Crippen LogP contribution in [0.2, 0.25) is 0 Å². The molecule has 1 aliphatic heterocycles. The van der Waals surface area contributed by atoms with Crippen molar-refractivity contribution < 1.29 is 17.7 Å². The monoisotopic (exact) mass is 341 g/mol. The molecule has 2 aromatic rings. The number of rotatable bonds is 2. The van der Waals surface area contributed by atoms with Gasteiger partial charge < -0.3 is 14.2 Å². The lowest BCUT2D eigenvalue weighted by molar-refractivity contribution is -0.0000728. The van der Waals surface area contributed by atoms with E-state index in [4.69, 9.17) is 9.29 Å². The lowest BCUT2D eigenvalue weighted by Crippen LogP contribution is -2.41. The molecule has 8 heteroatoms. The standard InChI is InChI=1S/C14H19N3O.CH4O3S/c1-10(2)18-11-8-16(3)14-15-12-6-4-5-7-13(12)17(14)9-11;1-5(2,3)4/h4-7,10-11H,8-9H2,1-3H3;1H3,(H,2,3,4). The first kappa shape index (κ1) is 17.7. The summed E-state index contributed by atoms with van der Waals surface area (Å²) in [6, 6.07) is 8.28. The summed E-state index contributed by atoms with van der Waals surface area (Å²) in [5.41, 5.74) is 2.25. The van der Waals surface area contributed by atoms with E-state index in [0.717, 1.165) is 24.6 Å². The number of nitrogens with zero attached hydrogens (tertiary/aromatic N) is 3. The molecule has 1 aromatic heterocycles. The summed E-state index contributed by atoms with van der Waals surface area (Å²) in [7, 11) is -1.59. The molecule has 128 valence electrons. The zero-order valence-electron chi connectivity index (χ0n) is 13.8. The van der Waals surface area contributed by atoms with Crippen LogP contribution in [0.3, 0.4) is 0 Å². The third kappa shape index (κ3) is 4.92. The zero-order valence-corrected chi connectivity index (χ0v) is 14.6. The molecule has 3 rings (SSSR count). The topological polar surface area (TPSA) is 84.7 Å². The smallest absolute Gasteiger partial charge is 0.261 e. The van der Waals surface area contributed by atoms with Crippen LogP contribution >= 0.6 is 0 Å². The van der Waals surface area contributed by atoms with Crippen LogP contribution in [0.5, 0.6) is 0 Å². The van der Waals surface area contributed by atoms with E-state index in [1.54, 1.807) is 0 Å². The van der Waals surface area contributed by atoms with Crippen molar-refractivity contribution >= 4 is 27.1 Å². The predicted molar refractivity (Wildman–Crippen MR) is 90.5 cm³/mol. The average Bonchev–Trinajstić information content (AvgIpc) is 2.76. The van der Waals surface area contributed by atoms with Gasteiger partial charge in [0.25, 0.3) is 10.1 Å². The Morgan fingerprint density at radius 2 is 1.91 bits per heavy atom. The molecule has 0 aliphatic carbocycles. The van der Waals surface area contributed by atoms with Crippen LogP contribution < -0.4 is 4.90 Å². The number of benzene rings is 1. The van der Waals surface area contributed by atoms with Crippen LogP contribution in [0.1, 0.15) is 13.8 Å². The van der Waals surface area contributed by atoms with Gasteiger partial charge in [0.2, 0.25) is 5.95 Å². The third-order valence-electron chi connectivity index (χ3n) is 3.30. The van der Waals surface area contributed by atoms with Crippen molar-refractivity contribution in [1.29, 1.82) is 0 Å². The highest BCUT2D eigenvalue weighted by atomic mass is 32.2. The van der Waals surface area contributed by atoms with Crippen LogP contribution in [0.4, 0.5) is 5.95 Å². The second-order valence-electron chi connectivity index (χ2n) is 5.93. The summed E-state index contributed by atoms with van der Waals surface area (Å²) in [5.74, 6) is 1.04. The Kier molecular flexibility index (Phi) is 5.28. The van der Waals surface area contributed by atoms with Gasteiger partial charge in [-0.25, -0.2) is 4.98 Å². The first-order valence-electron chi connectivity index (χ1n) is 7.39. The fraction of sp³-hybridized carbons (Fsp3) is 0.533. The normalized spacial score (nSPS) is 17.8. The van der Waals surface area contributed by atoms with E-state index in [2.05, 4.69) is 53.5 Å². The van der Waals surface area contributed by atoms with Gasteiger partial charge in [0.15, 0.2) is 0 Å². The number of hydrogen-bond acceptors (Lipinski definition) is 5. The van der Waals surface area contributed by atoms with Gasteiger partial charge in [0.1, 0.15) is 0 Å². The molecule has 0 amide bonds. The fourth-order valence-electron chi connectivity index (χ4n) is 2.65. The Balaban J connectivity index is 0.000000338. The number of para-hydroxylation sites is 2. The van der Waals surface area contributed by atoms with E-state index in [1.807, 2.05) is 6.07 Å². The molecule has 0 fully saturated rings. The third-order valence-corrected chi connectivity index (χ3v) is 3.30. The van der Waals surface area contributed by atoms with Gasteiger partial charge in [-0.3, -0.25) is 4.55 Å². The van der Waals surface area contributed by atoms with Crippen LogP contribution in [-0.4, -0.2) is 54.6 Å². The van der Waals surface area contributed by atoms with E-state index < -0.39 is 10.1 Å². The van der Waals surface area contributed by atoms with Gasteiger partial charge in [0.05, 0.1) is 36.0 Å². The maximum Gasteiger partial charge on any atom is 0.261 e. The second-order valence-corrected chi connectivity index (χ2v) is 7.40. The summed E-state index contributed by atoms with van der Waals surface area (Å²) < 4.78 is 34.1. The molecule has 0 saturated heterocycles. The van der Waals surface area contributed by atoms with Crippen LogP contribution in [0.15, 0.2) is 24.3 Å². The summed E-state index contributed by atoms with van der Waals surface area (Å²) in [5, 5.41) is 0. The summed E-state index contributed by atoms with van der Waals surface area (Å²) in [6.45, 7) is 5.96. The Morgan fingerprint density at radius 1 is 1.30 bits per heavy atom. The molecule has 7 nitrogen and oxygen atoms in total. The molecule has 1 N–H and O–H groups in total. The van der Waals surface area contributed by atoms with Crippen molar-refractivity contribution in [3.63, 3.8) is 0 Å². The minimum absolute atomic E-state index is 0.236. The van der Waals surface area contributed by atoms with Crippen LogP contribution in [-0.2, 0) is 21.4 Å². The van der Waals surface area contributed by atoms with E-state index in [9.17, 15) is 8.42 Å². The van der Waals surface area contributed by atoms with E-state index >= 15 is 0 Å². The second kappa shape index (κ2) is 6.86. The highest BCUT2D eigenvalue weighted by Crippen LogP contribution is 2.26. The molecule has 1 aliphatic rings. The molecular formula is C15H23N3O4S. The summed E-state index contributed by atoms with van der Waals surface area (Å²) in [6.07, 6.45) is 1.22. The minimum Gasteiger partial charge on any atom is -0.372 e. The molecule has 1 unspecified atom stereocenters. The molecule has 0 saturated carbocycles. The predicted octanol–water partition coefficient (Wildman–Crippen LogP) is 1.78. The molecule has 23 heavy (non-hydrogen) atoms.